The first-order chi connectivity index (χ1) is 4.41. The molecule has 0 saturated carbocycles. The second kappa shape index (κ2) is 12.8. The van der Waals surface area contributed by atoms with Crippen molar-refractivity contribution in [3.05, 3.63) is 0 Å². The molecule has 0 spiro atoms. The smallest absolute Gasteiger partial charge is 0 e. The molecule has 10 heavy (non-hydrogen) atoms. The van der Waals surface area contributed by atoms with Gasteiger partial charge in [-0.1, -0.05) is 26.7 Å². The number of thioether (sulfide) groups is 1. The third-order valence-corrected chi connectivity index (χ3v) is 2.44. The molecule has 0 nitrogen and oxygen atoms in total. The monoisotopic (exact) mass is 266 g/mol. The molecule has 0 fully saturated rings. The van der Waals surface area contributed by atoms with Gasteiger partial charge in [-0.25, -0.2) is 0 Å². The molecule has 60 valence electrons. The number of hydrogen-bond acceptors (Lipinski definition) is 1. The van der Waals surface area contributed by atoms with E-state index in [2.05, 4.69) is 25.6 Å². The van der Waals surface area contributed by atoms with Crippen LogP contribution in [-0.2, 0) is 0 Å². The Balaban J connectivity index is 0. The van der Waals surface area contributed by atoms with Gasteiger partial charge >= 0.3 is 0 Å². The van der Waals surface area contributed by atoms with Crippen LogP contribution in [0, 0.1) is 0 Å². The summed E-state index contributed by atoms with van der Waals surface area (Å²) < 4.78 is 0. The van der Waals surface area contributed by atoms with Crippen molar-refractivity contribution in [3.8, 4) is 0 Å². The van der Waals surface area contributed by atoms with E-state index < -0.39 is 0 Å². The molecule has 0 rings (SSSR count). The standard InChI is InChI=1S/C8H18S.Sn/c1-3-5-7-9-8-6-4-2;/h3-8H2,1-2H3;. The van der Waals surface area contributed by atoms with Gasteiger partial charge in [0, 0.05) is 23.9 Å². The van der Waals surface area contributed by atoms with E-state index in [1.54, 1.807) is 0 Å². The molecule has 0 aromatic heterocycles. The average Bonchev–Trinajstić information content (AvgIpc) is 1.89. The van der Waals surface area contributed by atoms with Crippen LogP contribution in [-0.4, -0.2) is 35.4 Å². The van der Waals surface area contributed by atoms with Crippen LogP contribution < -0.4 is 0 Å². The van der Waals surface area contributed by atoms with Crippen LogP contribution in [0.1, 0.15) is 39.5 Å². The van der Waals surface area contributed by atoms with Crippen molar-refractivity contribution >= 4 is 35.7 Å². The maximum absolute atomic E-state index is 2.25. The fourth-order valence-electron chi connectivity index (χ4n) is 0.595. The summed E-state index contributed by atoms with van der Waals surface area (Å²) in [5, 5.41) is 0. The Kier molecular flexibility index (Phi) is 17.6. The van der Waals surface area contributed by atoms with E-state index in [0.29, 0.717) is 0 Å². The van der Waals surface area contributed by atoms with Gasteiger partial charge in [0.05, 0.1) is 0 Å². The Labute approximate surface area is 86.5 Å². The summed E-state index contributed by atoms with van der Waals surface area (Å²) in [6.45, 7) is 4.50. The zero-order chi connectivity index (χ0) is 6.95. The molecule has 0 bridgehead atoms. The van der Waals surface area contributed by atoms with E-state index in [4.69, 9.17) is 0 Å². The molecule has 0 aromatic rings. The number of unbranched alkanes of at least 4 members (excludes halogenated alkanes) is 2. The first-order valence-electron chi connectivity index (χ1n) is 3.99. The van der Waals surface area contributed by atoms with Gasteiger partial charge in [-0.2, -0.15) is 11.8 Å². The minimum atomic E-state index is 0. The Morgan fingerprint density at radius 3 is 1.60 bits per heavy atom. The Morgan fingerprint density at radius 1 is 0.900 bits per heavy atom. The summed E-state index contributed by atoms with van der Waals surface area (Å²) in [5.74, 6) is 2.74. The van der Waals surface area contributed by atoms with Gasteiger partial charge in [-0.05, 0) is 24.3 Å². The summed E-state index contributed by atoms with van der Waals surface area (Å²) in [6.07, 6.45) is 5.49. The maximum Gasteiger partial charge on any atom is 0 e. The Morgan fingerprint density at radius 2 is 1.30 bits per heavy atom. The fourth-order valence-corrected chi connectivity index (χ4v) is 1.78. The quantitative estimate of drug-likeness (QED) is 0.525. The van der Waals surface area contributed by atoms with E-state index in [1.165, 1.54) is 37.2 Å². The van der Waals surface area contributed by atoms with Gasteiger partial charge in [0.15, 0.2) is 0 Å². The Bertz CT molecular complexity index is 42.5. The van der Waals surface area contributed by atoms with Crippen molar-refractivity contribution in [3.63, 3.8) is 0 Å². The fraction of sp³-hybridized carbons (Fsp3) is 1.00. The molecule has 0 amide bonds. The minimum absolute atomic E-state index is 0. The molecule has 0 aliphatic carbocycles. The van der Waals surface area contributed by atoms with Crippen LogP contribution in [0.25, 0.3) is 0 Å². The van der Waals surface area contributed by atoms with E-state index in [-0.39, 0.29) is 23.9 Å². The second-order valence-electron chi connectivity index (χ2n) is 2.32. The van der Waals surface area contributed by atoms with Crippen molar-refractivity contribution < 1.29 is 0 Å². The van der Waals surface area contributed by atoms with Gasteiger partial charge in [-0.15, -0.1) is 0 Å². The third-order valence-electron chi connectivity index (χ3n) is 1.28. The van der Waals surface area contributed by atoms with E-state index in [9.17, 15) is 0 Å². The summed E-state index contributed by atoms with van der Waals surface area (Å²) in [5.41, 5.74) is 0. The van der Waals surface area contributed by atoms with Gasteiger partial charge in [-0.3, -0.25) is 0 Å². The third kappa shape index (κ3) is 11.9. The van der Waals surface area contributed by atoms with Crippen LogP contribution in [0.15, 0.2) is 0 Å². The van der Waals surface area contributed by atoms with Crippen molar-refractivity contribution in [1.29, 1.82) is 0 Å². The van der Waals surface area contributed by atoms with Crippen molar-refractivity contribution in [2.24, 2.45) is 0 Å². The van der Waals surface area contributed by atoms with Gasteiger partial charge < -0.3 is 0 Å². The SMILES string of the molecule is CCCCSCCCC.[Sn]. The molecule has 0 saturated heterocycles. The molecule has 0 heterocycles. The van der Waals surface area contributed by atoms with Crippen molar-refractivity contribution in [2.75, 3.05) is 11.5 Å². The van der Waals surface area contributed by atoms with Crippen LogP contribution in [0.4, 0.5) is 0 Å². The van der Waals surface area contributed by atoms with E-state index in [1.807, 2.05) is 0 Å². The minimum Gasteiger partial charge on any atom is -0.162 e. The maximum atomic E-state index is 2.25. The average molecular weight is 265 g/mol. The first-order valence-corrected chi connectivity index (χ1v) is 5.15. The predicted molar refractivity (Wildman–Crippen MR) is 52.9 cm³/mol. The van der Waals surface area contributed by atoms with Crippen LogP contribution in [0.5, 0.6) is 0 Å². The molecule has 0 aromatic carbocycles. The van der Waals surface area contributed by atoms with Crippen LogP contribution >= 0.6 is 11.8 Å². The normalized spacial score (nSPS) is 9.00. The summed E-state index contributed by atoms with van der Waals surface area (Å²) >= 11 is 2.10. The van der Waals surface area contributed by atoms with Gasteiger partial charge in [0.25, 0.3) is 0 Å². The van der Waals surface area contributed by atoms with Crippen molar-refractivity contribution in [1.82, 2.24) is 0 Å². The molecule has 0 aliphatic rings. The molecule has 0 atom stereocenters. The summed E-state index contributed by atoms with van der Waals surface area (Å²) in [7, 11) is 0. The number of hydrogen-bond donors (Lipinski definition) is 0. The molecule has 0 unspecified atom stereocenters. The molecule has 2 heteroatoms. The first kappa shape index (κ1) is 13.7. The second-order valence-corrected chi connectivity index (χ2v) is 3.54. The van der Waals surface area contributed by atoms with Crippen molar-refractivity contribution in [2.45, 2.75) is 39.5 Å². The number of rotatable bonds is 6. The topological polar surface area (TPSA) is 0 Å². The zero-order valence-corrected chi connectivity index (χ0v) is 10.8. The molecular formula is C8H18SSn. The molecule has 4 radical (unpaired) electrons. The van der Waals surface area contributed by atoms with Gasteiger partial charge in [0.2, 0.25) is 0 Å². The van der Waals surface area contributed by atoms with E-state index >= 15 is 0 Å². The molecule has 0 aliphatic heterocycles. The summed E-state index contributed by atoms with van der Waals surface area (Å²) in [6, 6.07) is 0. The van der Waals surface area contributed by atoms with Crippen LogP contribution in [0.3, 0.4) is 0 Å². The summed E-state index contributed by atoms with van der Waals surface area (Å²) in [4.78, 5) is 0. The van der Waals surface area contributed by atoms with E-state index in [0.717, 1.165) is 0 Å². The predicted octanol–water partition coefficient (Wildman–Crippen LogP) is 2.94. The zero-order valence-electron chi connectivity index (χ0n) is 7.15. The molecule has 0 N–H and O–H groups in total. The van der Waals surface area contributed by atoms with Gasteiger partial charge in [0.1, 0.15) is 0 Å². The largest absolute Gasteiger partial charge is 0.162 e. The Hall–Kier alpha value is 1.15. The van der Waals surface area contributed by atoms with Crippen LogP contribution in [0.2, 0.25) is 0 Å². The molecular weight excluding hydrogens is 247 g/mol.